The molecule has 11 heavy (non-hydrogen) atoms. The maximum absolute atomic E-state index is 5.49. The molecule has 0 amide bonds. The predicted octanol–water partition coefficient (Wildman–Crippen LogP) is 0.0559. The topological polar surface area (TPSA) is 38.5 Å². The Kier molecular flexibility index (Phi) is 3.83. The van der Waals surface area contributed by atoms with Gasteiger partial charge in [0.25, 0.3) is 0 Å². The third-order valence-corrected chi connectivity index (χ3v) is 2.13. The van der Waals surface area contributed by atoms with E-state index in [9.17, 15) is 0 Å². The maximum Gasteiger partial charge on any atom is 0.0619 e. The summed E-state index contributed by atoms with van der Waals surface area (Å²) >= 11 is 0. The van der Waals surface area contributed by atoms with Crippen molar-refractivity contribution in [3.05, 3.63) is 0 Å². The first-order chi connectivity index (χ1) is 5.34. The summed E-state index contributed by atoms with van der Waals surface area (Å²) in [5.41, 5.74) is 5.49. The summed E-state index contributed by atoms with van der Waals surface area (Å²) in [5, 5.41) is 0. The SMILES string of the molecule is CC1COCCCN1CCN. The van der Waals surface area contributed by atoms with E-state index in [2.05, 4.69) is 11.8 Å². The highest BCUT2D eigenvalue weighted by atomic mass is 16.5. The first kappa shape index (κ1) is 8.97. The van der Waals surface area contributed by atoms with Crippen LogP contribution in [0, 0.1) is 0 Å². The Bertz CT molecular complexity index is 108. The second-order valence-corrected chi connectivity index (χ2v) is 3.10. The van der Waals surface area contributed by atoms with Gasteiger partial charge in [-0.1, -0.05) is 0 Å². The van der Waals surface area contributed by atoms with Gasteiger partial charge in [-0.05, 0) is 13.3 Å². The van der Waals surface area contributed by atoms with E-state index in [1.807, 2.05) is 0 Å². The van der Waals surface area contributed by atoms with Crippen molar-refractivity contribution < 1.29 is 4.74 Å². The third-order valence-electron chi connectivity index (χ3n) is 2.13. The lowest BCUT2D eigenvalue weighted by molar-refractivity contribution is 0.109. The second-order valence-electron chi connectivity index (χ2n) is 3.10. The van der Waals surface area contributed by atoms with Crippen LogP contribution in [0.5, 0.6) is 0 Å². The number of hydrogen-bond acceptors (Lipinski definition) is 3. The zero-order valence-electron chi connectivity index (χ0n) is 7.25. The molecule has 0 bridgehead atoms. The lowest BCUT2D eigenvalue weighted by Gasteiger charge is -2.24. The zero-order valence-corrected chi connectivity index (χ0v) is 7.25. The van der Waals surface area contributed by atoms with E-state index < -0.39 is 0 Å². The Morgan fingerprint density at radius 1 is 1.64 bits per heavy atom. The van der Waals surface area contributed by atoms with Crippen molar-refractivity contribution >= 4 is 0 Å². The van der Waals surface area contributed by atoms with E-state index in [0.29, 0.717) is 6.04 Å². The standard InChI is InChI=1S/C8H18N2O/c1-8-7-11-6-2-4-10(8)5-3-9/h8H,2-7,9H2,1H3. The minimum Gasteiger partial charge on any atom is -0.380 e. The second kappa shape index (κ2) is 4.70. The van der Waals surface area contributed by atoms with E-state index in [-0.39, 0.29) is 0 Å². The smallest absolute Gasteiger partial charge is 0.0619 e. The fraction of sp³-hybridized carbons (Fsp3) is 1.00. The molecule has 0 radical (unpaired) electrons. The number of nitrogens with two attached hydrogens (primary N) is 1. The molecular formula is C8H18N2O. The molecule has 1 fully saturated rings. The molecule has 1 rings (SSSR count). The third kappa shape index (κ3) is 2.77. The van der Waals surface area contributed by atoms with Gasteiger partial charge in [-0.15, -0.1) is 0 Å². The van der Waals surface area contributed by atoms with Crippen LogP contribution >= 0.6 is 0 Å². The van der Waals surface area contributed by atoms with Crippen molar-refractivity contribution in [1.82, 2.24) is 4.90 Å². The molecular weight excluding hydrogens is 140 g/mol. The van der Waals surface area contributed by atoms with Crippen LogP contribution < -0.4 is 5.73 Å². The van der Waals surface area contributed by atoms with Gasteiger partial charge in [0, 0.05) is 32.3 Å². The summed E-state index contributed by atoms with van der Waals surface area (Å²) in [7, 11) is 0. The zero-order chi connectivity index (χ0) is 8.10. The average molecular weight is 158 g/mol. The van der Waals surface area contributed by atoms with E-state index in [1.165, 1.54) is 0 Å². The fourth-order valence-electron chi connectivity index (χ4n) is 1.45. The maximum atomic E-state index is 5.49. The quantitative estimate of drug-likeness (QED) is 0.617. The number of hydrogen-bond donors (Lipinski definition) is 1. The molecule has 0 aliphatic carbocycles. The molecule has 1 aliphatic heterocycles. The molecule has 0 aromatic heterocycles. The van der Waals surface area contributed by atoms with E-state index in [4.69, 9.17) is 10.5 Å². The monoisotopic (exact) mass is 158 g/mol. The van der Waals surface area contributed by atoms with Gasteiger partial charge in [-0.2, -0.15) is 0 Å². The van der Waals surface area contributed by atoms with Crippen LogP contribution in [0.2, 0.25) is 0 Å². The van der Waals surface area contributed by atoms with Crippen molar-refractivity contribution in [2.75, 3.05) is 32.8 Å². The van der Waals surface area contributed by atoms with Gasteiger partial charge in [-0.25, -0.2) is 0 Å². The van der Waals surface area contributed by atoms with Crippen LogP contribution in [0.1, 0.15) is 13.3 Å². The number of nitrogens with zero attached hydrogens (tertiary/aromatic N) is 1. The highest BCUT2D eigenvalue weighted by Gasteiger charge is 2.15. The largest absolute Gasteiger partial charge is 0.380 e. The van der Waals surface area contributed by atoms with Gasteiger partial charge in [0.05, 0.1) is 6.61 Å². The fourth-order valence-corrected chi connectivity index (χ4v) is 1.45. The van der Waals surface area contributed by atoms with Crippen LogP contribution in [0.4, 0.5) is 0 Å². The Labute approximate surface area is 68.5 Å². The first-order valence-corrected chi connectivity index (χ1v) is 4.36. The first-order valence-electron chi connectivity index (χ1n) is 4.36. The minimum absolute atomic E-state index is 0.543. The molecule has 1 unspecified atom stereocenters. The van der Waals surface area contributed by atoms with E-state index in [0.717, 1.165) is 39.3 Å². The van der Waals surface area contributed by atoms with Crippen LogP contribution in [0.25, 0.3) is 0 Å². The van der Waals surface area contributed by atoms with Crippen LogP contribution in [-0.2, 0) is 4.74 Å². The van der Waals surface area contributed by atoms with Crippen molar-refractivity contribution in [3.8, 4) is 0 Å². The normalized spacial score (nSPS) is 28.4. The van der Waals surface area contributed by atoms with E-state index in [1.54, 1.807) is 0 Å². The molecule has 1 saturated heterocycles. The van der Waals surface area contributed by atoms with Crippen molar-refractivity contribution in [3.63, 3.8) is 0 Å². The highest BCUT2D eigenvalue weighted by Crippen LogP contribution is 2.05. The van der Waals surface area contributed by atoms with Gasteiger partial charge >= 0.3 is 0 Å². The summed E-state index contributed by atoms with van der Waals surface area (Å²) in [6, 6.07) is 0.543. The molecule has 1 atom stereocenters. The molecule has 1 heterocycles. The molecule has 0 aromatic carbocycles. The van der Waals surface area contributed by atoms with Crippen molar-refractivity contribution in [2.24, 2.45) is 5.73 Å². The average Bonchev–Trinajstić information content (AvgIpc) is 2.18. The van der Waals surface area contributed by atoms with Crippen LogP contribution in [-0.4, -0.2) is 43.8 Å². The molecule has 2 N–H and O–H groups in total. The van der Waals surface area contributed by atoms with Gasteiger partial charge in [0.1, 0.15) is 0 Å². The Morgan fingerprint density at radius 3 is 3.18 bits per heavy atom. The molecule has 0 aromatic rings. The Balaban J connectivity index is 2.32. The molecule has 66 valence electrons. The minimum atomic E-state index is 0.543. The van der Waals surface area contributed by atoms with Gasteiger partial charge in [0.15, 0.2) is 0 Å². The van der Waals surface area contributed by atoms with Gasteiger partial charge < -0.3 is 10.5 Å². The molecule has 3 heteroatoms. The van der Waals surface area contributed by atoms with Gasteiger partial charge in [-0.3, -0.25) is 4.90 Å². The summed E-state index contributed by atoms with van der Waals surface area (Å²) in [6.07, 6.45) is 1.14. The molecule has 0 saturated carbocycles. The highest BCUT2D eigenvalue weighted by molar-refractivity contribution is 4.69. The lowest BCUT2D eigenvalue weighted by atomic mass is 10.3. The number of ether oxygens (including phenoxy) is 1. The van der Waals surface area contributed by atoms with Gasteiger partial charge in [0.2, 0.25) is 0 Å². The summed E-state index contributed by atoms with van der Waals surface area (Å²) in [6.45, 7) is 6.86. The molecule has 3 nitrogen and oxygen atoms in total. The Morgan fingerprint density at radius 2 is 2.45 bits per heavy atom. The van der Waals surface area contributed by atoms with Crippen molar-refractivity contribution in [1.29, 1.82) is 0 Å². The molecule has 0 spiro atoms. The van der Waals surface area contributed by atoms with Crippen LogP contribution in [0.15, 0.2) is 0 Å². The predicted molar refractivity (Wildman–Crippen MR) is 45.5 cm³/mol. The van der Waals surface area contributed by atoms with Crippen LogP contribution in [0.3, 0.4) is 0 Å². The summed E-state index contributed by atoms with van der Waals surface area (Å²) < 4.78 is 5.40. The van der Waals surface area contributed by atoms with E-state index >= 15 is 0 Å². The Hall–Kier alpha value is -0.120. The van der Waals surface area contributed by atoms with Crippen molar-refractivity contribution in [2.45, 2.75) is 19.4 Å². The lowest BCUT2D eigenvalue weighted by Crippen LogP contribution is -2.38. The summed E-state index contributed by atoms with van der Waals surface area (Å²) in [5.74, 6) is 0. The number of rotatable bonds is 2. The molecule has 1 aliphatic rings. The summed E-state index contributed by atoms with van der Waals surface area (Å²) in [4.78, 5) is 2.40.